The van der Waals surface area contributed by atoms with Crippen LogP contribution in [0, 0.1) is 5.41 Å². The fraction of sp³-hybridized carbons (Fsp3) is 0.500. The minimum Gasteiger partial charge on any atom is -0.462 e. The molecule has 2 aromatic rings. The van der Waals surface area contributed by atoms with Gasteiger partial charge in [0.05, 0.1) is 6.04 Å². The van der Waals surface area contributed by atoms with E-state index in [2.05, 4.69) is 4.98 Å². The molecule has 29 heavy (non-hydrogen) atoms. The van der Waals surface area contributed by atoms with Gasteiger partial charge in [-0.05, 0) is 52.7 Å². The van der Waals surface area contributed by atoms with Crippen LogP contribution in [0.5, 0.6) is 0 Å². The van der Waals surface area contributed by atoms with Crippen molar-refractivity contribution in [1.82, 2.24) is 9.88 Å². The van der Waals surface area contributed by atoms with E-state index in [4.69, 9.17) is 9.47 Å². The summed E-state index contributed by atoms with van der Waals surface area (Å²) in [5.74, 6) is -0.863. The number of aromatic amines is 1. The molecule has 1 saturated heterocycles. The van der Waals surface area contributed by atoms with Crippen molar-refractivity contribution in [2.75, 3.05) is 0 Å². The van der Waals surface area contributed by atoms with Gasteiger partial charge in [0.25, 0.3) is 0 Å². The van der Waals surface area contributed by atoms with Gasteiger partial charge in [-0.3, -0.25) is 9.59 Å². The van der Waals surface area contributed by atoms with Crippen LogP contribution in [-0.2, 0) is 25.5 Å². The van der Waals surface area contributed by atoms with Crippen LogP contribution in [0.15, 0.2) is 30.5 Å². The van der Waals surface area contributed by atoms with E-state index >= 15 is 0 Å². The summed E-state index contributed by atoms with van der Waals surface area (Å²) in [6.45, 7) is 10.0. The molecule has 1 unspecified atom stereocenters. The number of hydrogen-bond acceptors (Lipinski definition) is 5. The molecule has 0 saturated carbocycles. The zero-order chi connectivity index (χ0) is 21.6. The Balaban J connectivity index is 1.96. The van der Waals surface area contributed by atoms with Crippen molar-refractivity contribution in [3.8, 4) is 0 Å². The number of fused-ring (bicyclic) bond motifs is 1. The number of benzene rings is 1. The van der Waals surface area contributed by atoms with Gasteiger partial charge in [-0.25, -0.2) is 9.69 Å². The molecular formula is C22H28N2O5. The number of H-pyrrole nitrogens is 1. The molecule has 0 aliphatic carbocycles. The first-order valence-electron chi connectivity index (χ1n) is 9.74. The van der Waals surface area contributed by atoms with Crippen LogP contribution in [-0.4, -0.2) is 45.6 Å². The van der Waals surface area contributed by atoms with E-state index in [1.165, 1.54) is 6.92 Å². The summed E-state index contributed by atoms with van der Waals surface area (Å²) in [5.41, 5.74) is 0.205. The molecule has 2 amide bonds. The average Bonchev–Trinajstić information content (AvgIpc) is 3.01. The fourth-order valence-corrected chi connectivity index (χ4v) is 3.90. The van der Waals surface area contributed by atoms with E-state index in [0.717, 1.165) is 21.4 Å². The lowest BCUT2D eigenvalue weighted by Gasteiger charge is -2.54. The minimum absolute atomic E-state index is 0.398. The Kier molecular flexibility index (Phi) is 5.19. The molecule has 1 aromatic carbocycles. The van der Waals surface area contributed by atoms with Gasteiger partial charge in [0.1, 0.15) is 17.1 Å². The van der Waals surface area contributed by atoms with Gasteiger partial charge in [0.2, 0.25) is 5.91 Å². The summed E-state index contributed by atoms with van der Waals surface area (Å²) in [5, 5.41) is 1.03. The third-order valence-corrected chi connectivity index (χ3v) is 5.55. The summed E-state index contributed by atoms with van der Waals surface area (Å²) >= 11 is 0. The Morgan fingerprint density at radius 1 is 1.28 bits per heavy atom. The van der Waals surface area contributed by atoms with Crippen LogP contribution in [0.1, 0.15) is 47.1 Å². The lowest BCUT2D eigenvalue weighted by Crippen LogP contribution is -2.74. The molecule has 1 aromatic heterocycles. The van der Waals surface area contributed by atoms with Crippen LogP contribution in [0.2, 0.25) is 0 Å². The number of hydrogen-bond donors (Lipinski definition) is 1. The van der Waals surface area contributed by atoms with Gasteiger partial charge in [0, 0.05) is 24.0 Å². The first-order valence-corrected chi connectivity index (χ1v) is 9.74. The summed E-state index contributed by atoms with van der Waals surface area (Å²) in [7, 11) is 0. The van der Waals surface area contributed by atoms with Gasteiger partial charge >= 0.3 is 12.1 Å². The first kappa shape index (κ1) is 20.9. The average molecular weight is 400 g/mol. The lowest BCUT2D eigenvalue weighted by atomic mass is 9.66. The zero-order valence-electron chi connectivity index (χ0n) is 17.7. The van der Waals surface area contributed by atoms with E-state index in [1.54, 1.807) is 34.6 Å². The second-order valence-electron chi connectivity index (χ2n) is 8.77. The number of rotatable bonds is 4. The SMILES string of the molecule is CC(=O)OC(C)[C@]1(C)C(=O)N(C(=O)OC(C)(C)C)[C@H]1Cc1c[nH]c2ccccc12. The standard InChI is InChI=1S/C22H28N2O5/c1-13(28-14(2)25)22(6)18(24(19(22)26)20(27)29-21(3,4)5)11-15-12-23-17-10-8-7-9-16(15)17/h7-10,12-13,18,23H,11H2,1-6H3/t13?,18-,22-/m0/s1. The van der Waals surface area contributed by atoms with Crippen molar-refractivity contribution >= 4 is 28.9 Å². The van der Waals surface area contributed by atoms with Gasteiger partial charge in [-0.1, -0.05) is 18.2 Å². The van der Waals surface area contributed by atoms with Gasteiger partial charge in [-0.2, -0.15) is 0 Å². The Morgan fingerprint density at radius 3 is 2.55 bits per heavy atom. The van der Waals surface area contributed by atoms with E-state index in [0.29, 0.717) is 6.42 Å². The number of likely N-dealkylation sites (tertiary alicyclic amines) is 1. The molecule has 1 N–H and O–H groups in total. The molecule has 1 aliphatic rings. The van der Waals surface area contributed by atoms with Crippen molar-refractivity contribution in [3.05, 3.63) is 36.0 Å². The van der Waals surface area contributed by atoms with Crippen molar-refractivity contribution in [2.45, 2.75) is 65.7 Å². The normalized spacial score (nSPS) is 22.9. The summed E-state index contributed by atoms with van der Waals surface area (Å²) in [6, 6.07) is 7.34. The van der Waals surface area contributed by atoms with Gasteiger partial charge in [0.15, 0.2) is 0 Å². The third kappa shape index (κ3) is 3.73. The highest BCUT2D eigenvalue weighted by Crippen LogP contribution is 2.46. The van der Waals surface area contributed by atoms with E-state index in [9.17, 15) is 14.4 Å². The largest absolute Gasteiger partial charge is 0.462 e. The van der Waals surface area contributed by atoms with Crippen molar-refractivity contribution < 1.29 is 23.9 Å². The number of nitrogens with one attached hydrogen (secondary N) is 1. The second-order valence-corrected chi connectivity index (χ2v) is 8.77. The molecule has 1 fully saturated rings. The number of aromatic nitrogens is 1. The molecule has 0 spiro atoms. The summed E-state index contributed by atoms with van der Waals surface area (Å²) in [4.78, 5) is 41.7. The van der Waals surface area contributed by atoms with Gasteiger partial charge in [-0.15, -0.1) is 0 Å². The van der Waals surface area contributed by atoms with Crippen LogP contribution >= 0.6 is 0 Å². The molecule has 2 heterocycles. The van der Waals surface area contributed by atoms with Crippen LogP contribution in [0.3, 0.4) is 0 Å². The van der Waals surface area contributed by atoms with Crippen LogP contribution in [0.25, 0.3) is 10.9 Å². The zero-order valence-corrected chi connectivity index (χ0v) is 17.7. The van der Waals surface area contributed by atoms with E-state index in [-0.39, 0.29) is 0 Å². The number of carbonyl (C=O) groups excluding carboxylic acids is 3. The maximum absolute atomic E-state index is 13.1. The Labute approximate surface area is 170 Å². The topological polar surface area (TPSA) is 88.7 Å². The summed E-state index contributed by atoms with van der Waals surface area (Å²) < 4.78 is 10.8. The maximum Gasteiger partial charge on any atom is 0.417 e. The van der Waals surface area contributed by atoms with Crippen molar-refractivity contribution in [3.63, 3.8) is 0 Å². The minimum atomic E-state index is -1.03. The quantitative estimate of drug-likeness (QED) is 0.623. The highest BCUT2D eigenvalue weighted by atomic mass is 16.6. The number of amides is 2. The van der Waals surface area contributed by atoms with Crippen molar-refractivity contribution in [1.29, 1.82) is 0 Å². The number of ether oxygens (including phenoxy) is 2. The lowest BCUT2D eigenvalue weighted by molar-refractivity contribution is -0.187. The second kappa shape index (κ2) is 7.21. The number of carbonyl (C=O) groups is 3. The van der Waals surface area contributed by atoms with Crippen molar-refractivity contribution in [2.24, 2.45) is 5.41 Å². The van der Waals surface area contributed by atoms with Gasteiger partial charge < -0.3 is 14.5 Å². The predicted molar refractivity (Wildman–Crippen MR) is 108 cm³/mol. The molecular weight excluding hydrogens is 372 g/mol. The van der Waals surface area contributed by atoms with E-state index < -0.39 is 41.1 Å². The maximum atomic E-state index is 13.1. The number of nitrogens with zero attached hydrogens (tertiary/aromatic N) is 1. The Morgan fingerprint density at radius 2 is 1.93 bits per heavy atom. The highest BCUT2D eigenvalue weighted by molar-refractivity contribution is 6.02. The number of esters is 1. The third-order valence-electron chi connectivity index (χ3n) is 5.55. The highest BCUT2D eigenvalue weighted by Gasteiger charge is 2.64. The molecule has 156 valence electrons. The molecule has 0 bridgehead atoms. The van der Waals surface area contributed by atoms with Crippen LogP contribution < -0.4 is 0 Å². The first-order chi connectivity index (χ1) is 13.4. The molecule has 0 radical (unpaired) electrons. The molecule has 3 rings (SSSR count). The van der Waals surface area contributed by atoms with Crippen LogP contribution in [0.4, 0.5) is 4.79 Å². The Bertz CT molecular complexity index is 958. The number of para-hydroxylation sites is 1. The number of β-lactam (4-membered cyclic amide) rings is 1. The number of imide groups is 1. The Hall–Kier alpha value is -2.83. The monoisotopic (exact) mass is 400 g/mol. The predicted octanol–water partition coefficient (Wildman–Crippen LogP) is 3.81. The fourth-order valence-electron chi connectivity index (χ4n) is 3.90. The summed E-state index contributed by atoms with van der Waals surface area (Å²) in [6.07, 6.45) is 0.954. The molecule has 7 nitrogen and oxygen atoms in total. The smallest absolute Gasteiger partial charge is 0.417 e. The molecule has 1 aliphatic heterocycles. The van der Waals surface area contributed by atoms with E-state index in [1.807, 2.05) is 30.5 Å². The molecule has 7 heteroatoms. The molecule has 3 atom stereocenters.